The molecule has 0 atom stereocenters. The second kappa shape index (κ2) is 40.3. The SMILES string of the molecule is Cc1c([N+](=O)[O-])ccc2c(Cl)c3ccc([N+](=O)[O-])cc3nc12.Cc1c([N+](=O)[O-])ccc2c(Nc3ccc(N)cc3)c3ccc([N+](=O)[O-])cc3nc12.Cc1cc2c(Cl)c3ccc([N+](=O)[O-])cc3nc2cc1[N+](=O)[O-].Cc1cc2c(Nc3ccc(N)cc3)c3ccc([N+](=O)[O-])cc3nc2cc1[N+](=O)[O-].Cc1ccc2nc3cc([N+](=O)[O-])ccc3c(Cl)c2c1[N+](=O)[O-].[N-]=[N+]=Nc1c2ccccc2nc2cc([N+](=O)[O-])ccc12. The van der Waals surface area contributed by atoms with Crippen molar-refractivity contribution in [2.45, 2.75) is 34.6 Å². The van der Waals surface area contributed by atoms with Crippen LogP contribution in [-0.2, 0) is 0 Å². The highest BCUT2D eigenvalue weighted by Gasteiger charge is 2.28. The summed E-state index contributed by atoms with van der Waals surface area (Å²) in [7, 11) is 0. The average Bonchev–Trinajstić information content (AvgIpc) is 0.750. The number of nitro benzene ring substituents is 11. The molecule has 0 saturated heterocycles. The third kappa shape index (κ3) is 19.9. The van der Waals surface area contributed by atoms with Gasteiger partial charge in [-0.1, -0.05) is 64.2 Å². The predicted octanol–water partition coefficient (Wildman–Crippen LogP) is 26.4. The molecule has 0 fully saturated rings. The number of fused-ring (bicyclic) bond motifs is 12. The number of azide groups is 1. The number of hydrogen-bond donors (Lipinski definition) is 4. The van der Waals surface area contributed by atoms with Crippen LogP contribution in [0.15, 0.2) is 248 Å². The fourth-order valence-corrected chi connectivity index (χ4v) is 16.7. The van der Waals surface area contributed by atoms with Gasteiger partial charge in [-0.25, -0.2) is 29.9 Å². The maximum absolute atomic E-state index is 11.3. The van der Waals surface area contributed by atoms with E-state index in [1.54, 1.807) is 150 Å². The molecule has 0 spiro atoms. The predicted molar refractivity (Wildman–Crippen MR) is 544 cm³/mol. The number of nitrogens with zero attached hydrogens (tertiary/aromatic N) is 20. The van der Waals surface area contributed by atoms with Gasteiger partial charge < -0.3 is 22.1 Å². The first kappa shape index (κ1) is 98.4. The van der Waals surface area contributed by atoms with Gasteiger partial charge in [0.25, 0.3) is 62.6 Å². The highest BCUT2D eigenvalue weighted by atomic mass is 35.5. The number of non-ortho nitro benzene ring substituents is 6. The van der Waals surface area contributed by atoms with Crippen LogP contribution in [0.5, 0.6) is 0 Å². The Bertz CT molecular complexity index is 8950. The standard InChI is InChI=1S/2C20H15N5O4.3C14H8ClN3O4.C13H7N5O2/c1-11-8-16-18(10-19(11)25(28)29)23-17-9-14(24(26)27)6-7-15(17)20(16)22-13-4-2-12(21)3-5-13;1-11-18(25(28)29)9-8-16-19(11)23-17-10-14(24(26)27)6-7-15(17)20(16)22-13-4-2-12(21)3-5-13;1-7-2-5-10-12(14(7)18(21)22)13(15)9-4-3-8(17(19)20)6-11(9)16-10;1-7-4-10-12(6-13(7)18(21)22)16-11-5-8(17(19)20)2-3-9(11)14(10)15;1-7-12(18(21)22)5-4-10-13(15)9-3-2-8(17(19)20)6-11(9)16-14(7)10;14-17-16-13-9-3-1-2-4-11(9)15-12-7-8(18(19)20)5-6-10(12)13/h2*2-10H,21H2,1H3,(H,22,23);3*2-6H,1H3;1-7H. The second-order valence-electron chi connectivity index (χ2n) is 31.6. The number of nitrogens with one attached hydrogen (secondary N) is 2. The number of para-hydroxylation sites is 1. The molecule has 0 saturated carbocycles. The molecule has 6 heterocycles. The van der Waals surface area contributed by atoms with Gasteiger partial charge in [-0.15, -0.1) is 0 Å². The Morgan fingerprint density at radius 1 is 0.285 bits per heavy atom. The van der Waals surface area contributed by atoms with Crippen LogP contribution in [-0.4, -0.2) is 84.1 Å². The lowest BCUT2D eigenvalue weighted by Gasteiger charge is -2.14. The Kier molecular flexibility index (Phi) is 27.5. The number of halogens is 3. The zero-order valence-corrected chi connectivity index (χ0v) is 76.6. The number of rotatable bonds is 16. The molecule has 0 radical (unpaired) electrons. The number of anilines is 6. The van der Waals surface area contributed by atoms with E-state index in [-0.39, 0.29) is 73.0 Å². The lowest BCUT2D eigenvalue weighted by Crippen LogP contribution is -1.99. The van der Waals surface area contributed by atoms with Crippen LogP contribution in [0.4, 0.5) is 102 Å². The number of aromatic nitrogens is 6. The van der Waals surface area contributed by atoms with Gasteiger partial charge in [0.2, 0.25) is 0 Å². The van der Waals surface area contributed by atoms with E-state index < -0.39 is 54.2 Å². The molecule has 14 aromatic carbocycles. The van der Waals surface area contributed by atoms with Crippen LogP contribution in [0.25, 0.3) is 141 Å². The van der Waals surface area contributed by atoms with E-state index in [1.165, 1.54) is 121 Å². The fraction of sp³-hybridized carbons (Fsp3) is 0.0526. The zero-order valence-electron chi connectivity index (χ0n) is 74.3. The van der Waals surface area contributed by atoms with Crippen molar-refractivity contribution in [2.75, 3.05) is 22.1 Å². The number of pyridine rings is 6. The Labute approximate surface area is 816 Å². The van der Waals surface area contributed by atoms with E-state index >= 15 is 0 Å². The quantitative estimate of drug-likeness (QED) is 0.0133. The molecule has 46 nitrogen and oxygen atoms in total. The Hall–Kier alpha value is -20.1. The maximum atomic E-state index is 11.3. The second-order valence-corrected chi connectivity index (χ2v) is 32.7. The van der Waals surface area contributed by atoms with Crippen LogP contribution >= 0.6 is 34.8 Å². The summed E-state index contributed by atoms with van der Waals surface area (Å²) in [5, 5.41) is 140. The Morgan fingerprint density at radius 3 is 1.03 bits per heavy atom. The summed E-state index contributed by atoms with van der Waals surface area (Å²) >= 11 is 19.0. The van der Waals surface area contributed by atoms with Crippen molar-refractivity contribution in [1.82, 2.24) is 29.9 Å². The Morgan fingerprint density at radius 2 is 0.604 bits per heavy atom. The first-order valence-corrected chi connectivity index (χ1v) is 42.8. The molecule has 0 aliphatic heterocycles. The highest BCUT2D eigenvalue weighted by Crippen LogP contribution is 2.45. The van der Waals surface area contributed by atoms with Crippen molar-refractivity contribution in [1.29, 1.82) is 0 Å². The summed E-state index contributed by atoms with van der Waals surface area (Å²) in [6.45, 7) is 8.09. The summed E-state index contributed by atoms with van der Waals surface area (Å²) in [5.74, 6) is 0. The topological polar surface area (TPSA) is 677 Å². The lowest BCUT2D eigenvalue weighted by molar-refractivity contribution is -0.385. The van der Waals surface area contributed by atoms with Crippen molar-refractivity contribution in [3.63, 3.8) is 0 Å². The number of hydrogen-bond acceptors (Lipinski definition) is 33. The normalized spacial score (nSPS) is 10.9. The minimum atomic E-state index is -0.531. The largest absolute Gasteiger partial charge is 0.399 e. The molecule has 6 N–H and O–H groups in total. The van der Waals surface area contributed by atoms with Crippen molar-refractivity contribution in [3.8, 4) is 0 Å². The Balaban J connectivity index is 0.000000131. The van der Waals surface area contributed by atoms with Gasteiger partial charge in [0.1, 0.15) is 0 Å². The van der Waals surface area contributed by atoms with Crippen LogP contribution in [0.3, 0.4) is 0 Å². The summed E-state index contributed by atoms with van der Waals surface area (Å²) in [4.78, 5) is 145. The van der Waals surface area contributed by atoms with Gasteiger partial charge in [-0.2, -0.15) is 0 Å². The third-order valence-corrected chi connectivity index (χ3v) is 23.9. The fourth-order valence-electron chi connectivity index (χ4n) is 15.8. The van der Waals surface area contributed by atoms with Gasteiger partial charge in [0, 0.05) is 201 Å². The number of aryl methyl sites for hydroxylation is 5. The van der Waals surface area contributed by atoms with E-state index in [0.717, 1.165) is 11.4 Å². The van der Waals surface area contributed by atoms with E-state index in [4.69, 9.17) is 51.8 Å². The molecule has 6 aromatic heterocycles. The van der Waals surface area contributed by atoms with Gasteiger partial charge in [-0.05, 0) is 161 Å². The smallest absolute Gasteiger partial charge is 0.283 e. The molecule has 144 heavy (non-hydrogen) atoms. The van der Waals surface area contributed by atoms with E-state index in [2.05, 4.69) is 50.6 Å². The van der Waals surface area contributed by atoms with Crippen molar-refractivity contribution in [2.24, 2.45) is 5.11 Å². The molecule has 0 aliphatic rings. The van der Waals surface area contributed by atoms with Crippen LogP contribution in [0, 0.1) is 146 Å². The minimum absolute atomic E-state index is 0.0489. The summed E-state index contributed by atoms with van der Waals surface area (Å²) in [6, 6.07) is 62.0. The molecular formula is C95H61Cl3N24O22. The molecule has 20 aromatic rings. The molecular weight excluding hydrogens is 1940 g/mol. The highest BCUT2D eigenvalue weighted by molar-refractivity contribution is 6.42. The summed E-state index contributed by atoms with van der Waals surface area (Å²) in [6.07, 6.45) is 0. The minimum Gasteiger partial charge on any atom is -0.399 e. The van der Waals surface area contributed by atoms with Gasteiger partial charge >= 0.3 is 0 Å². The number of nitrogens with two attached hydrogens (primary N) is 2. The van der Waals surface area contributed by atoms with E-state index in [0.29, 0.717) is 192 Å². The zero-order chi connectivity index (χ0) is 104. The van der Waals surface area contributed by atoms with Gasteiger partial charge in [0.05, 0.1) is 169 Å². The average molecular weight is 2000 g/mol. The van der Waals surface area contributed by atoms with E-state index in [9.17, 15) is 111 Å². The number of nitrogen functional groups attached to an aromatic ring is 2. The maximum Gasteiger partial charge on any atom is 0.283 e. The van der Waals surface area contributed by atoms with Crippen LogP contribution in [0.2, 0.25) is 15.1 Å². The molecule has 20 rings (SSSR count). The van der Waals surface area contributed by atoms with Gasteiger partial charge in [-0.3, -0.25) is 111 Å². The molecule has 714 valence electrons. The number of nitro groups is 11. The van der Waals surface area contributed by atoms with Crippen molar-refractivity contribution < 1.29 is 54.2 Å². The first-order chi connectivity index (χ1) is 68.6. The molecule has 0 aliphatic carbocycles. The van der Waals surface area contributed by atoms with Crippen LogP contribution in [0.1, 0.15) is 27.8 Å². The molecule has 0 bridgehead atoms. The van der Waals surface area contributed by atoms with E-state index in [1.807, 2.05) is 6.07 Å². The van der Waals surface area contributed by atoms with Crippen molar-refractivity contribution in [3.05, 3.63) is 407 Å². The van der Waals surface area contributed by atoms with Crippen LogP contribution < -0.4 is 22.1 Å². The molecule has 0 amide bonds. The number of benzene rings is 14. The monoisotopic (exact) mass is 1990 g/mol. The molecule has 0 unspecified atom stereocenters. The summed E-state index contributed by atoms with van der Waals surface area (Å²) in [5.41, 5.74) is 30.5. The molecule has 49 heteroatoms. The van der Waals surface area contributed by atoms with Crippen molar-refractivity contribution >= 4 is 268 Å². The first-order valence-electron chi connectivity index (χ1n) is 41.6. The lowest BCUT2D eigenvalue weighted by atomic mass is 10.0. The summed E-state index contributed by atoms with van der Waals surface area (Å²) < 4.78 is 0. The third-order valence-electron chi connectivity index (χ3n) is 22.7. The van der Waals surface area contributed by atoms with Gasteiger partial charge in [0.15, 0.2) is 0 Å².